The summed E-state index contributed by atoms with van der Waals surface area (Å²) in [5.41, 5.74) is 2.90. The molecule has 0 amide bonds. The normalized spacial score (nSPS) is 14.8. The number of nitrogens with zero attached hydrogens (tertiary/aromatic N) is 3. The molecule has 0 aliphatic carbocycles. The number of thioether (sulfide) groups is 1. The maximum Gasteiger partial charge on any atom is 0.160 e. The lowest BCUT2D eigenvalue weighted by atomic mass is 10.3. The van der Waals surface area contributed by atoms with Crippen molar-refractivity contribution in [2.24, 2.45) is 0 Å². The Morgan fingerprint density at radius 2 is 2.05 bits per heavy atom. The van der Waals surface area contributed by atoms with Gasteiger partial charge in [0.1, 0.15) is 11.3 Å². The van der Waals surface area contributed by atoms with Crippen LogP contribution in [0.5, 0.6) is 0 Å². The number of alkyl halides is 1. The number of aromatic nitrogens is 3. The smallest absolute Gasteiger partial charge is 0.160 e. The van der Waals surface area contributed by atoms with Gasteiger partial charge in [0.2, 0.25) is 0 Å². The van der Waals surface area contributed by atoms with Gasteiger partial charge in [-0.25, -0.2) is 9.97 Å². The number of halogens is 1. The largest absolute Gasteiger partial charge is 0.311 e. The maximum absolute atomic E-state index is 6.25. The molecule has 2 unspecified atom stereocenters. The third-order valence-corrected chi connectivity index (χ3v) is 4.51. The number of hydrogen-bond acceptors (Lipinski definition) is 3. The van der Waals surface area contributed by atoms with Crippen molar-refractivity contribution in [3.05, 3.63) is 23.7 Å². The zero-order valence-corrected chi connectivity index (χ0v) is 13.4. The zero-order chi connectivity index (χ0) is 14.0. The van der Waals surface area contributed by atoms with Crippen molar-refractivity contribution >= 4 is 34.5 Å². The van der Waals surface area contributed by atoms with E-state index < -0.39 is 0 Å². The first kappa shape index (κ1) is 14.7. The van der Waals surface area contributed by atoms with Gasteiger partial charge in [-0.05, 0) is 38.7 Å². The predicted octanol–water partition coefficient (Wildman–Crippen LogP) is 4.18. The Balaban J connectivity index is 2.42. The Morgan fingerprint density at radius 3 is 2.68 bits per heavy atom. The van der Waals surface area contributed by atoms with Crippen molar-refractivity contribution < 1.29 is 0 Å². The van der Waals surface area contributed by atoms with Gasteiger partial charge in [-0.15, -0.1) is 11.6 Å². The molecule has 0 aliphatic rings. The van der Waals surface area contributed by atoms with Crippen LogP contribution in [0.2, 0.25) is 0 Å². The molecule has 2 rings (SSSR count). The molecule has 0 aromatic carbocycles. The Morgan fingerprint density at radius 1 is 1.32 bits per heavy atom. The molecular formula is C14H20ClN3S. The standard InChI is InChI=1S/C14H20ClN3S/c1-9-5-6-12-14(16-9)18(8-7-10(2)19-4)13(17-12)11(3)15/h5-6,10-11H,7-8H2,1-4H3. The molecule has 0 saturated heterocycles. The second-order valence-corrected chi connectivity index (χ2v) is 6.80. The van der Waals surface area contributed by atoms with Gasteiger partial charge in [0, 0.05) is 17.5 Å². The van der Waals surface area contributed by atoms with Crippen LogP contribution in [-0.4, -0.2) is 26.0 Å². The van der Waals surface area contributed by atoms with Gasteiger partial charge in [0.15, 0.2) is 5.65 Å². The first-order valence-electron chi connectivity index (χ1n) is 6.53. The Bertz CT molecular complexity index is 565. The van der Waals surface area contributed by atoms with Gasteiger partial charge in [0.25, 0.3) is 0 Å². The van der Waals surface area contributed by atoms with E-state index in [2.05, 4.69) is 27.7 Å². The highest BCUT2D eigenvalue weighted by molar-refractivity contribution is 7.99. The molecule has 2 aromatic rings. The van der Waals surface area contributed by atoms with Crippen molar-refractivity contribution in [3.8, 4) is 0 Å². The molecule has 0 saturated carbocycles. The third-order valence-electron chi connectivity index (χ3n) is 3.28. The van der Waals surface area contributed by atoms with Gasteiger partial charge in [0.05, 0.1) is 5.38 Å². The fourth-order valence-electron chi connectivity index (χ4n) is 2.07. The van der Waals surface area contributed by atoms with Crippen LogP contribution in [0.3, 0.4) is 0 Å². The molecule has 104 valence electrons. The first-order chi connectivity index (χ1) is 9.02. The van der Waals surface area contributed by atoms with Crippen LogP contribution < -0.4 is 0 Å². The van der Waals surface area contributed by atoms with Crippen molar-refractivity contribution in [2.45, 2.75) is 44.4 Å². The highest BCUT2D eigenvalue weighted by Crippen LogP contribution is 2.25. The van der Waals surface area contributed by atoms with E-state index in [0.29, 0.717) is 5.25 Å². The lowest BCUT2D eigenvalue weighted by Gasteiger charge is -2.12. The topological polar surface area (TPSA) is 30.7 Å². The van der Waals surface area contributed by atoms with E-state index in [1.165, 1.54) is 0 Å². The zero-order valence-electron chi connectivity index (χ0n) is 11.9. The van der Waals surface area contributed by atoms with Crippen LogP contribution in [0.4, 0.5) is 0 Å². The molecule has 2 heterocycles. The molecule has 0 bridgehead atoms. The molecule has 0 spiro atoms. The first-order valence-corrected chi connectivity index (χ1v) is 8.26. The average Bonchev–Trinajstić information content (AvgIpc) is 2.74. The lowest BCUT2D eigenvalue weighted by molar-refractivity contribution is 0.619. The third kappa shape index (κ3) is 3.23. The summed E-state index contributed by atoms with van der Waals surface area (Å²) in [6, 6.07) is 4.02. The van der Waals surface area contributed by atoms with Gasteiger partial charge < -0.3 is 4.57 Å². The quantitative estimate of drug-likeness (QED) is 0.776. The van der Waals surface area contributed by atoms with Crippen molar-refractivity contribution in [1.82, 2.24) is 14.5 Å². The molecule has 0 fully saturated rings. The molecule has 0 N–H and O–H groups in total. The average molecular weight is 298 g/mol. The summed E-state index contributed by atoms with van der Waals surface area (Å²) in [7, 11) is 0. The van der Waals surface area contributed by atoms with Crippen LogP contribution in [-0.2, 0) is 6.54 Å². The lowest BCUT2D eigenvalue weighted by Crippen LogP contribution is -2.09. The molecule has 19 heavy (non-hydrogen) atoms. The SMILES string of the molecule is CSC(C)CCn1c(C(C)Cl)nc2ccc(C)nc21. The van der Waals surface area contributed by atoms with Crippen LogP contribution in [0, 0.1) is 6.92 Å². The van der Waals surface area contributed by atoms with Gasteiger partial charge in [-0.3, -0.25) is 0 Å². The van der Waals surface area contributed by atoms with Gasteiger partial charge in [-0.2, -0.15) is 11.8 Å². The van der Waals surface area contributed by atoms with Gasteiger partial charge in [-0.1, -0.05) is 6.92 Å². The van der Waals surface area contributed by atoms with E-state index in [-0.39, 0.29) is 5.38 Å². The number of pyridine rings is 1. The Kier molecular flexibility index (Phi) is 4.74. The van der Waals surface area contributed by atoms with Gasteiger partial charge >= 0.3 is 0 Å². The summed E-state index contributed by atoms with van der Waals surface area (Å²) in [4.78, 5) is 9.24. The summed E-state index contributed by atoms with van der Waals surface area (Å²) >= 11 is 8.13. The highest BCUT2D eigenvalue weighted by atomic mass is 35.5. The van der Waals surface area contributed by atoms with Crippen LogP contribution in [0.25, 0.3) is 11.2 Å². The van der Waals surface area contributed by atoms with E-state index in [4.69, 9.17) is 11.6 Å². The summed E-state index contributed by atoms with van der Waals surface area (Å²) in [6.07, 6.45) is 3.24. The van der Waals surface area contributed by atoms with E-state index >= 15 is 0 Å². The summed E-state index contributed by atoms with van der Waals surface area (Å²) in [5.74, 6) is 0.920. The van der Waals surface area contributed by atoms with E-state index in [1.54, 1.807) is 0 Å². The maximum atomic E-state index is 6.25. The Labute approximate surface area is 123 Å². The second kappa shape index (κ2) is 6.14. The minimum Gasteiger partial charge on any atom is -0.311 e. The van der Waals surface area contributed by atoms with E-state index in [9.17, 15) is 0 Å². The van der Waals surface area contributed by atoms with Crippen molar-refractivity contribution in [1.29, 1.82) is 0 Å². The molecule has 3 nitrogen and oxygen atoms in total. The highest BCUT2D eigenvalue weighted by Gasteiger charge is 2.16. The Hall–Kier alpha value is -0.740. The van der Waals surface area contributed by atoms with Crippen molar-refractivity contribution in [3.63, 3.8) is 0 Å². The molecule has 2 atom stereocenters. The number of hydrogen-bond donors (Lipinski definition) is 0. The molecule has 0 radical (unpaired) electrons. The minimum absolute atomic E-state index is 0.0981. The van der Waals surface area contributed by atoms with Crippen LogP contribution in [0.15, 0.2) is 12.1 Å². The molecule has 0 aliphatic heterocycles. The number of aryl methyl sites for hydroxylation is 2. The van der Waals surface area contributed by atoms with E-state index in [0.717, 1.165) is 35.6 Å². The predicted molar refractivity (Wildman–Crippen MR) is 84.1 cm³/mol. The van der Waals surface area contributed by atoms with Crippen LogP contribution in [0.1, 0.15) is 37.2 Å². The fourth-order valence-corrected chi connectivity index (χ4v) is 2.57. The monoisotopic (exact) mass is 297 g/mol. The second-order valence-electron chi connectivity index (χ2n) is 4.87. The summed E-state index contributed by atoms with van der Waals surface area (Å²) in [6.45, 7) is 7.13. The molecule has 5 heteroatoms. The number of rotatable bonds is 5. The summed E-state index contributed by atoms with van der Waals surface area (Å²) < 4.78 is 2.17. The number of imidazole rings is 1. The van der Waals surface area contributed by atoms with Crippen molar-refractivity contribution in [2.75, 3.05) is 6.26 Å². The number of fused-ring (bicyclic) bond motifs is 1. The minimum atomic E-state index is -0.0981. The fraction of sp³-hybridized carbons (Fsp3) is 0.571. The molecular weight excluding hydrogens is 278 g/mol. The van der Waals surface area contributed by atoms with Crippen LogP contribution >= 0.6 is 23.4 Å². The van der Waals surface area contributed by atoms with E-state index in [1.807, 2.05) is 37.7 Å². The molecule has 2 aromatic heterocycles. The summed E-state index contributed by atoms with van der Waals surface area (Å²) in [5, 5.41) is 0.528.